The van der Waals surface area contributed by atoms with Crippen LogP contribution in [0, 0.1) is 0 Å². The van der Waals surface area contributed by atoms with Gasteiger partial charge in [-0.2, -0.15) is 0 Å². The maximum absolute atomic E-state index is 5.62. The molecule has 3 N–H and O–H groups in total. The molecule has 0 heterocycles. The fourth-order valence-corrected chi connectivity index (χ4v) is 1.91. The highest BCUT2D eigenvalue weighted by molar-refractivity contribution is 5.14. The second kappa shape index (κ2) is 12.6. The first-order chi connectivity index (χ1) is 8.43. The third-order valence-corrected chi connectivity index (χ3v) is 2.99. The predicted octanol–water partition coefficient (Wildman–Crippen LogP) is 4.77. The molecule has 18 heavy (non-hydrogen) atoms. The summed E-state index contributed by atoms with van der Waals surface area (Å²) in [5.74, 6) is 0. The van der Waals surface area contributed by atoms with Gasteiger partial charge in [0, 0.05) is 13.2 Å². The molecule has 0 atom stereocenters. The average molecular weight is 251 g/mol. The van der Waals surface area contributed by atoms with Crippen molar-refractivity contribution < 1.29 is 4.74 Å². The largest absolute Gasteiger partial charge is 0.381 e. The topological polar surface area (TPSA) is 44.2 Å². The number of unbranched alkanes of at least 4 members (excludes halogenated alkanes) is 4. The van der Waals surface area contributed by atoms with Gasteiger partial charge in [-0.3, -0.25) is 0 Å². The van der Waals surface area contributed by atoms with Crippen LogP contribution in [0.2, 0.25) is 0 Å². The lowest BCUT2D eigenvalue weighted by molar-refractivity contribution is 0.126. The summed E-state index contributed by atoms with van der Waals surface area (Å²) >= 11 is 0. The molecule has 0 unspecified atom stereocenters. The van der Waals surface area contributed by atoms with E-state index < -0.39 is 0 Å². The zero-order valence-electron chi connectivity index (χ0n) is 11.9. The Balaban J connectivity index is 0.00000289. The quantitative estimate of drug-likeness (QED) is 0.609. The maximum atomic E-state index is 5.62. The predicted molar refractivity (Wildman–Crippen MR) is 79.4 cm³/mol. The van der Waals surface area contributed by atoms with Gasteiger partial charge in [0.1, 0.15) is 0 Å². The van der Waals surface area contributed by atoms with Crippen molar-refractivity contribution in [2.75, 3.05) is 13.2 Å². The van der Waals surface area contributed by atoms with Gasteiger partial charge in [-0.25, -0.2) is 0 Å². The van der Waals surface area contributed by atoms with Crippen LogP contribution >= 0.6 is 0 Å². The van der Waals surface area contributed by atoms with Crippen molar-refractivity contribution in [3.8, 4) is 0 Å². The molecule has 0 radical (unpaired) electrons. The van der Waals surface area contributed by atoms with E-state index in [1.54, 1.807) is 0 Å². The lowest BCUT2D eigenvalue weighted by Gasteiger charge is -2.04. The third kappa shape index (κ3) is 9.20. The molecule has 2 heteroatoms. The summed E-state index contributed by atoms with van der Waals surface area (Å²) in [5, 5.41) is 0. The maximum Gasteiger partial charge on any atom is 0.0466 e. The van der Waals surface area contributed by atoms with E-state index in [1.165, 1.54) is 50.5 Å². The normalized spacial score (nSPS) is 10.1. The molecule has 0 aromatic heterocycles. The molecule has 1 rings (SSSR count). The first kappa shape index (κ1) is 17.1. The Hall–Kier alpha value is -0.860. The minimum atomic E-state index is 0. The molecular weight excluding hydrogens is 222 g/mol. The van der Waals surface area contributed by atoms with Crippen molar-refractivity contribution in [3.63, 3.8) is 0 Å². The molecule has 0 spiro atoms. The Bertz CT molecular complexity index is 261. The highest BCUT2D eigenvalue weighted by Crippen LogP contribution is 2.05. The average Bonchev–Trinajstić information content (AvgIpc) is 2.38. The van der Waals surface area contributed by atoms with E-state index in [-0.39, 0.29) is 6.15 Å². The van der Waals surface area contributed by atoms with Crippen molar-refractivity contribution in [3.05, 3.63) is 35.9 Å². The summed E-state index contributed by atoms with van der Waals surface area (Å²) in [6.07, 6.45) is 8.79. The molecule has 0 aliphatic carbocycles. The molecular formula is C16H29NO. The Morgan fingerprint density at radius 2 is 1.50 bits per heavy atom. The van der Waals surface area contributed by atoms with Crippen LogP contribution in [0.15, 0.2) is 30.3 Å². The second-order valence-corrected chi connectivity index (χ2v) is 4.62. The molecule has 2 nitrogen and oxygen atoms in total. The molecule has 0 aliphatic rings. The number of benzene rings is 1. The van der Waals surface area contributed by atoms with E-state index in [9.17, 15) is 0 Å². The van der Waals surface area contributed by atoms with E-state index in [1.807, 2.05) is 0 Å². The Kier molecular flexibility index (Phi) is 12.0. The fraction of sp³-hybridized carbons (Fsp3) is 0.625. The number of ether oxygens (including phenoxy) is 1. The monoisotopic (exact) mass is 251 g/mol. The van der Waals surface area contributed by atoms with Gasteiger partial charge in [-0.1, -0.05) is 56.5 Å². The van der Waals surface area contributed by atoms with Crippen molar-refractivity contribution in [1.82, 2.24) is 6.15 Å². The van der Waals surface area contributed by atoms with Crippen LogP contribution in [-0.4, -0.2) is 13.2 Å². The van der Waals surface area contributed by atoms with E-state index >= 15 is 0 Å². The van der Waals surface area contributed by atoms with Gasteiger partial charge in [0.05, 0.1) is 0 Å². The molecule has 0 saturated heterocycles. The lowest BCUT2D eigenvalue weighted by Crippen LogP contribution is -1.98. The van der Waals surface area contributed by atoms with Gasteiger partial charge in [0.2, 0.25) is 0 Å². The van der Waals surface area contributed by atoms with Crippen LogP contribution in [0.5, 0.6) is 0 Å². The van der Waals surface area contributed by atoms with E-state index in [0.717, 1.165) is 13.2 Å². The van der Waals surface area contributed by atoms with Crippen molar-refractivity contribution >= 4 is 0 Å². The summed E-state index contributed by atoms with van der Waals surface area (Å²) in [5.41, 5.74) is 1.44. The van der Waals surface area contributed by atoms with Crippen LogP contribution in [0.4, 0.5) is 0 Å². The Morgan fingerprint density at radius 1 is 0.833 bits per heavy atom. The van der Waals surface area contributed by atoms with Gasteiger partial charge < -0.3 is 10.9 Å². The first-order valence-corrected chi connectivity index (χ1v) is 7.05. The molecule has 0 saturated carbocycles. The highest BCUT2D eigenvalue weighted by Gasteiger charge is 1.93. The second-order valence-electron chi connectivity index (χ2n) is 4.62. The van der Waals surface area contributed by atoms with Gasteiger partial charge in [0.15, 0.2) is 0 Å². The van der Waals surface area contributed by atoms with Crippen LogP contribution in [0.25, 0.3) is 0 Å². The fourth-order valence-electron chi connectivity index (χ4n) is 1.91. The first-order valence-electron chi connectivity index (χ1n) is 7.05. The molecule has 0 bridgehead atoms. The van der Waals surface area contributed by atoms with Crippen LogP contribution in [0.1, 0.15) is 51.0 Å². The molecule has 0 aliphatic heterocycles. The molecule has 1 aromatic rings. The zero-order valence-corrected chi connectivity index (χ0v) is 11.9. The standard InChI is InChI=1S/C16H26O.H3N/c1-2-3-4-9-14-17-15-10-8-13-16-11-6-5-7-12-16;/h5-7,11-12H,2-4,8-10,13-15H2,1H3;1H3. The summed E-state index contributed by atoms with van der Waals surface area (Å²) in [7, 11) is 0. The summed E-state index contributed by atoms with van der Waals surface area (Å²) < 4.78 is 5.62. The summed E-state index contributed by atoms with van der Waals surface area (Å²) in [6, 6.07) is 10.7. The molecule has 0 fully saturated rings. The molecule has 104 valence electrons. The number of rotatable bonds is 10. The van der Waals surface area contributed by atoms with Gasteiger partial charge in [-0.05, 0) is 31.2 Å². The minimum Gasteiger partial charge on any atom is -0.381 e. The minimum absolute atomic E-state index is 0. The van der Waals surface area contributed by atoms with Gasteiger partial charge >= 0.3 is 0 Å². The number of hydrogen-bond donors (Lipinski definition) is 1. The van der Waals surface area contributed by atoms with Gasteiger partial charge in [-0.15, -0.1) is 0 Å². The van der Waals surface area contributed by atoms with Crippen LogP contribution in [-0.2, 0) is 11.2 Å². The van der Waals surface area contributed by atoms with Crippen LogP contribution in [0.3, 0.4) is 0 Å². The zero-order chi connectivity index (χ0) is 12.2. The van der Waals surface area contributed by atoms with Gasteiger partial charge in [0.25, 0.3) is 0 Å². The van der Waals surface area contributed by atoms with E-state index in [4.69, 9.17) is 4.74 Å². The molecule has 0 amide bonds. The van der Waals surface area contributed by atoms with E-state index in [0.29, 0.717) is 0 Å². The number of hydrogen-bond acceptors (Lipinski definition) is 2. The summed E-state index contributed by atoms with van der Waals surface area (Å²) in [4.78, 5) is 0. The van der Waals surface area contributed by atoms with E-state index in [2.05, 4.69) is 37.3 Å². The lowest BCUT2D eigenvalue weighted by atomic mass is 10.1. The third-order valence-electron chi connectivity index (χ3n) is 2.99. The number of aryl methyl sites for hydroxylation is 1. The Labute approximate surface area is 112 Å². The van der Waals surface area contributed by atoms with Crippen molar-refractivity contribution in [1.29, 1.82) is 0 Å². The smallest absolute Gasteiger partial charge is 0.0466 e. The SMILES string of the molecule is CCCCCCOCCCCc1ccccc1.N. The highest BCUT2D eigenvalue weighted by atomic mass is 16.5. The summed E-state index contributed by atoms with van der Waals surface area (Å²) in [6.45, 7) is 4.12. The van der Waals surface area contributed by atoms with Crippen molar-refractivity contribution in [2.24, 2.45) is 0 Å². The Morgan fingerprint density at radius 3 is 2.17 bits per heavy atom. The van der Waals surface area contributed by atoms with Crippen LogP contribution < -0.4 is 6.15 Å². The molecule has 1 aromatic carbocycles. The van der Waals surface area contributed by atoms with Crippen molar-refractivity contribution in [2.45, 2.75) is 51.9 Å².